The van der Waals surface area contributed by atoms with Gasteiger partial charge in [-0.15, -0.1) is 0 Å². The molecule has 1 aliphatic rings. The van der Waals surface area contributed by atoms with Crippen molar-refractivity contribution in [2.45, 2.75) is 6.92 Å². The molecule has 0 amide bonds. The van der Waals surface area contributed by atoms with E-state index in [2.05, 4.69) is 28.2 Å². The lowest BCUT2D eigenvalue weighted by molar-refractivity contribution is 0.174. The Morgan fingerprint density at radius 3 is 2.84 bits per heavy atom. The minimum atomic E-state index is 0.250. The Bertz CT molecular complexity index is 1100. The van der Waals surface area contributed by atoms with E-state index < -0.39 is 0 Å². The number of aromatic amines is 1. The predicted octanol–water partition coefficient (Wildman–Crippen LogP) is 3.72. The van der Waals surface area contributed by atoms with E-state index in [9.17, 15) is 0 Å². The first-order valence-electron chi connectivity index (χ1n) is 7.97. The van der Waals surface area contributed by atoms with E-state index >= 15 is 0 Å². The van der Waals surface area contributed by atoms with Crippen LogP contribution in [0.2, 0.25) is 0 Å². The highest BCUT2D eigenvalue weighted by Gasteiger charge is 2.17. The number of aromatic nitrogens is 4. The first-order valence-corrected chi connectivity index (χ1v) is 7.97. The van der Waals surface area contributed by atoms with Gasteiger partial charge in [0.2, 0.25) is 6.79 Å². The number of rotatable bonds is 2. The standard InChI is InChI=1S/C19H14N4O2/c1-11-4-2-3-5-13(11)14-9-20-19-18(21-14)17(22-23-19)12-6-7-15-16(8-12)25-10-24-15/h2-9H,10H2,1H3,(H,20,22,23). The maximum absolute atomic E-state index is 5.47. The smallest absolute Gasteiger partial charge is 0.231 e. The van der Waals surface area contributed by atoms with E-state index in [1.165, 1.54) is 0 Å². The number of nitrogens with one attached hydrogen (secondary N) is 1. The predicted molar refractivity (Wildman–Crippen MR) is 93.4 cm³/mol. The van der Waals surface area contributed by atoms with Gasteiger partial charge in [0.25, 0.3) is 0 Å². The summed E-state index contributed by atoms with van der Waals surface area (Å²) in [6.45, 7) is 2.31. The van der Waals surface area contributed by atoms with Crippen LogP contribution in [0, 0.1) is 6.92 Å². The van der Waals surface area contributed by atoms with Gasteiger partial charge >= 0.3 is 0 Å². The molecule has 0 aliphatic carbocycles. The van der Waals surface area contributed by atoms with Gasteiger partial charge < -0.3 is 9.47 Å². The van der Waals surface area contributed by atoms with Gasteiger partial charge in [0, 0.05) is 11.1 Å². The van der Waals surface area contributed by atoms with Crippen molar-refractivity contribution < 1.29 is 9.47 Å². The molecule has 6 nitrogen and oxygen atoms in total. The zero-order chi connectivity index (χ0) is 16.8. The summed E-state index contributed by atoms with van der Waals surface area (Å²) in [6, 6.07) is 13.9. The molecule has 0 saturated carbocycles. The quantitative estimate of drug-likeness (QED) is 0.606. The van der Waals surface area contributed by atoms with E-state index in [0.29, 0.717) is 5.65 Å². The SMILES string of the molecule is Cc1ccccc1-c1cnc2n[nH]c(-c3ccc4c(c3)OCO4)c2n1. The van der Waals surface area contributed by atoms with Crippen LogP contribution in [0.5, 0.6) is 11.5 Å². The maximum Gasteiger partial charge on any atom is 0.231 e. The summed E-state index contributed by atoms with van der Waals surface area (Å²) in [5, 5.41) is 7.32. The molecule has 0 spiro atoms. The molecule has 0 fully saturated rings. The Morgan fingerprint density at radius 1 is 1.04 bits per heavy atom. The normalized spacial score (nSPS) is 12.7. The first kappa shape index (κ1) is 14.0. The van der Waals surface area contributed by atoms with E-state index in [-0.39, 0.29) is 6.79 Å². The van der Waals surface area contributed by atoms with E-state index in [0.717, 1.165) is 45.1 Å². The van der Waals surface area contributed by atoms with Crippen molar-refractivity contribution in [1.29, 1.82) is 0 Å². The summed E-state index contributed by atoms with van der Waals surface area (Å²) in [6.07, 6.45) is 1.76. The van der Waals surface area contributed by atoms with Crippen LogP contribution in [-0.4, -0.2) is 27.0 Å². The minimum Gasteiger partial charge on any atom is -0.454 e. The number of hydrogen-bond donors (Lipinski definition) is 1. The second-order valence-corrected chi connectivity index (χ2v) is 5.91. The van der Waals surface area contributed by atoms with Crippen LogP contribution in [0.4, 0.5) is 0 Å². The fourth-order valence-electron chi connectivity index (χ4n) is 3.04. The molecule has 2 aromatic carbocycles. The molecular formula is C19H14N4O2. The van der Waals surface area contributed by atoms with Crippen molar-refractivity contribution in [3.05, 3.63) is 54.2 Å². The molecule has 1 aliphatic heterocycles. The summed E-state index contributed by atoms with van der Waals surface area (Å²) in [5.41, 5.74) is 6.12. The van der Waals surface area contributed by atoms with E-state index in [4.69, 9.17) is 14.5 Å². The Labute approximate surface area is 143 Å². The van der Waals surface area contributed by atoms with Crippen LogP contribution in [0.25, 0.3) is 33.7 Å². The molecule has 0 bridgehead atoms. The minimum absolute atomic E-state index is 0.250. The molecule has 0 saturated heterocycles. The maximum atomic E-state index is 5.47. The third-order valence-electron chi connectivity index (χ3n) is 4.35. The molecule has 0 atom stereocenters. The molecule has 4 aromatic rings. The zero-order valence-corrected chi connectivity index (χ0v) is 13.5. The number of nitrogens with zero attached hydrogens (tertiary/aromatic N) is 3. The van der Waals surface area contributed by atoms with Gasteiger partial charge in [-0.25, -0.2) is 9.97 Å². The van der Waals surface area contributed by atoms with E-state index in [1.807, 2.05) is 36.4 Å². The molecule has 25 heavy (non-hydrogen) atoms. The summed E-state index contributed by atoms with van der Waals surface area (Å²) in [5.74, 6) is 1.47. The third kappa shape index (κ3) is 2.22. The first-order chi connectivity index (χ1) is 12.3. The van der Waals surface area contributed by atoms with Crippen molar-refractivity contribution in [2.24, 2.45) is 0 Å². The number of aryl methyl sites for hydroxylation is 1. The molecule has 0 radical (unpaired) electrons. The van der Waals surface area contributed by atoms with Gasteiger partial charge in [0.05, 0.1) is 17.6 Å². The Balaban J connectivity index is 1.67. The van der Waals surface area contributed by atoms with Crippen molar-refractivity contribution in [2.75, 3.05) is 6.79 Å². The van der Waals surface area contributed by atoms with Crippen LogP contribution < -0.4 is 9.47 Å². The van der Waals surface area contributed by atoms with Crippen LogP contribution in [0.3, 0.4) is 0 Å². The fourth-order valence-corrected chi connectivity index (χ4v) is 3.04. The Hall–Kier alpha value is -3.41. The summed E-state index contributed by atoms with van der Waals surface area (Å²) in [4.78, 5) is 9.26. The summed E-state index contributed by atoms with van der Waals surface area (Å²) >= 11 is 0. The zero-order valence-electron chi connectivity index (χ0n) is 13.5. The van der Waals surface area contributed by atoms with Gasteiger partial charge in [0.15, 0.2) is 17.1 Å². The third-order valence-corrected chi connectivity index (χ3v) is 4.35. The van der Waals surface area contributed by atoms with Crippen LogP contribution in [-0.2, 0) is 0 Å². The van der Waals surface area contributed by atoms with Gasteiger partial charge in [-0.2, -0.15) is 5.10 Å². The number of ether oxygens (including phenoxy) is 2. The topological polar surface area (TPSA) is 72.9 Å². The van der Waals surface area contributed by atoms with Gasteiger partial charge in [0.1, 0.15) is 5.52 Å². The van der Waals surface area contributed by atoms with E-state index in [1.54, 1.807) is 6.20 Å². The molecule has 0 unspecified atom stereocenters. The molecule has 5 rings (SSSR count). The molecular weight excluding hydrogens is 316 g/mol. The monoisotopic (exact) mass is 330 g/mol. The fraction of sp³-hybridized carbons (Fsp3) is 0.105. The Morgan fingerprint density at radius 2 is 1.92 bits per heavy atom. The number of hydrogen-bond acceptors (Lipinski definition) is 5. The molecule has 1 N–H and O–H groups in total. The second kappa shape index (κ2) is 5.31. The second-order valence-electron chi connectivity index (χ2n) is 5.91. The summed E-state index contributed by atoms with van der Waals surface area (Å²) < 4.78 is 10.8. The number of benzene rings is 2. The van der Waals surface area contributed by atoms with Gasteiger partial charge in [-0.1, -0.05) is 24.3 Å². The van der Waals surface area contributed by atoms with Crippen molar-refractivity contribution in [3.8, 4) is 34.0 Å². The lowest BCUT2D eigenvalue weighted by Crippen LogP contribution is -1.92. The number of fused-ring (bicyclic) bond motifs is 2. The van der Waals surface area contributed by atoms with Crippen LogP contribution in [0.1, 0.15) is 5.56 Å². The summed E-state index contributed by atoms with van der Waals surface area (Å²) in [7, 11) is 0. The van der Waals surface area contributed by atoms with Crippen LogP contribution in [0.15, 0.2) is 48.7 Å². The Kier molecular flexibility index (Phi) is 2.97. The molecule has 6 heteroatoms. The van der Waals surface area contributed by atoms with Crippen molar-refractivity contribution >= 4 is 11.2 Å². The number of H-pyrrole nitrogens is 1. The molecule has 2 aromatic heterocycles. The van der Waals surface area contributed by atoms with Crippen molar-refractivity contribution in [3.63, 3.8) is 0 Å². The highest BCUT2D eigenvalue weighted by molar-refractivity contribution is 5.89. The van der Waals surface area contributed by atoms with Crippen molar-refractivity contribution in [1.82, 2.24) is 20.2 Å². The molecule has 3 heterocycles. The lowest BCUT2D eigenvalue weighted by Gasteiger charge is -2.05. The highest BCUT2D eigenvalue weighted by atomic mass is 16.7. The van der Waals surface area contributed by atoms with Gasteiger partial charge in [-0.3, -0.25) is 5.10 Å². The lowest BCUT2D eigenvalue weighted by atomic mass is 10.1. The van der Waals surface area contributed by atoms with Crippen LogP contribution >= 0.6 is 0 Å². The molecule has 122 valence electrons. The average molecular weight is 330 g/mol. The van der Waals surface area contributed by atoms with Gasteiger partial charge in [-0.05, 0) is 30.7 Å². The average Bonchev–Trinajstić information content (AvgIpc) is 3.27. The highest BCUT2D eigenvalue weighted by Crippen LogP contribution is 2.37. The largest absolute Gasteiger partial charge is 0.454 e.